The van der Waals surface area contributed by atoms with Gasteiger partial charge in [-0.2, -0.15) is 4.98 Å². The van der Waals surface area contributed by atoms with Crippen molar-refractivity contribution >= 4 is 15.7 Å². The van der Waals surface area contributed by atoms with Gasteiger partial charge in [-0.1, -0.05) is 59.8 Å². The highest BCUT2D eigenvalue weighted by molar-refractivity contribution is 7.92. The standard InChI is InChI=1S/C20H21N3O4S/c1-14-8-6-7-11-17(14)12-21-20(24)15(2)28(25,26)13-18-22-19(23-27-18)16-9-4-3-5-10-16/h3-11,15H,12-13H2,1-2H3,(H,21,24). The number of benzene rings is 2. The second-order valence-corrected chi connectivity index (χ2v) is 8.79. The van der Waals surface area contributed by atoms with E-state index in [4.69, 9.17) is 4.52 Å². The molecule has 0 saturated heterocycles. The minimum atomic E-state index is -3.80. The van der Waals surface area contributed by atoms with Crippen LogP contribution in [-0.2, 0) is 26.9 Å². The number of amides is 1. The van der Waals surface area contributed by atoms with Gasteiger partial charge in [0.15, 0.2) is 9.84 Å². The fourth-order valence-corrected chi connectivity index (χ4v) is 3.73. The summed E-state index contributed by atoms with van der Waals surface area (Å²) in [5.74, 6) is -0.794. The summed E-state index contributed by atoms with van der Waals surface area (Å²) in [6.45, 7) is 3.56. The Bertz CT molecular complexity index is 1060. The van der Waals surface area contributed by atoms with Gasteiger partial charge in [-0.3, -0.25) is 4.79 Å². The van der Waals surface area contributed by atoms with Crippen LogP contribution in [-0.4, -0.2) is 29.7 Å². The molecule has 1 aromatic heterocycles. The van der Waals surface area contributed by atoms with Gasteiger partial charge in [0.25, 0.3) is 0 Å². The van der Waals surface area contributed by atoms with Gasteiger partial charge < -0.3 is 9.84 Å². The average Bonchev–Trinajstić information content (AvgIpc) is 3.15. The molecule has 28 heavy (non-hydrogen) atoms. The molecule has 3 rings (SSSR count). The zero-order valence-electron chi connectivity index (χ0n) is 15.6. The number of carbonyl (C=O) groups excluding carboxylic acids is 1. The third-order valence-electron chi connectivity index (χ3n) is 4.45. The molecule has 1 N–H and O–H groups in total. The first kappa shape index (κ1) is 19.8. The van der Waals surface area contributed by atoms with Crippen molar-refractivity contribution in [1.82, 2.24) is 15.5 Å². The summed E-state index contributed by atoms with van der Waals surface area (Å²) in [6.07, 6.45) is 0. The van der Waals surface area contributed by atoms with E-state index >= 15 is 0 Å². The van der Waals surface area contributed by atoms with Crippen molar-refractivity contribution in [2.45, 2.75) is 31.4 Å². The van der Waals surface area contributed by atoms with Crippen molar-refractivity contribution in [3.05, 3.63) is 71.6 Å². The lowest BCUT2D eigenvalue weighted by Crippen LogP contribution is -2.38. The maximum Gasteiger partial charge on any atom is 0.242 e. The molecule has 146 valence electrons. The van der Waals surface area contributed by atoms with Crippen LogP contribution < -0.4 is 5.32 Å². The quantitative estimate of drug-likeness (QED) is 0.655. The van der Waals surface area contributed by atoms with Gasteiger partial charge in [0.1, 0.15) is 11.0 Å². The first-order valence-electron chi connectivity index (χ1n) is 8.78. The fraction of sp³-hybridized carbons (Fsp3) is 0.250. The largest absolute Gasteiger partial charge is 0.351 e. The van der Waals surface area contributed by atoms with Gasteiger partial charge in [0, 0.05) is 12.1 Å². The minimum absolute atomic E-state index is 0.0441. The molecular weight excluding hydrogens is 378 g/mol. The van der Waals surface area contributed by atoms with Crippen LogP contribution in [0.15, 0.2) is 59.1 Å². The summed E-state index contributed by atoms with van der Waals surface area (Å²) >= 11 is 0. The molecule has 0 saturated carbocycles. The topological polar surface area (TPSA) is 102 Å². The molecule has 0 fully saturated rings. The van der Waals surface area contributed by atoms with Crippen LogP contribution in [0.2, 0.25) is 0 Å². The highest BCUT2D eigenvalue weighted by atomic mass is 32.2. The van der Waals surface area contributed by atoms with Crippen molar-refractivity contribution in [3.8, 4) is 11.4 Å². The first-order valence-corrected chi connectivity index (χ1v) is 10.5. The van der Waals surface area contributed by atoms with Gasteiger partial charge >= 0.3 is 0 Å². The number of rotatable bonds is 7. The van der Waals surface area contributed by atoms with Crippen molar-refractivity contribution < 1.29 is 17.7 Å². The lowest BCUT2D eigenvalue weighted by Gasteiger charge is -2.13. The molecule has 0 spiro atoms. The predicted molar refractivity (Wildman–Crippen MR) is 105 cm³/mol. The Morgan fingerprint density at radius 2 is 1.79 bits per heavy atom. The molecule has 8 heteroatoms. The number of hydrogen-bond donors (Lipinski definition) is 1. The van der Waals surface area contributed by atoms with Gasteiger partial charge in [0.05, 0.1) is 0 Å². The Morgan fingerprint density at radius 3 is 2.50 bits per heavy atom. The first-order chi connectivity index (χ1) is 13.4. The monoisotopic (exact) mass is 399 g/mol. The van der Waals surface area contributed by atoms with Crippen LogP contribution >= 0.6 is 0 Å². The SMILES string of the molecule is Cc1ccccc1CNC(=O)C(C)S(=O)(=O)Cc1nc(-c2ccccc2)no1. The Balaban J connectivity index is 1.64. The van der Waals surface area contributed by atoms with E-state index in [1.807, 2.05) is 49.4 Å². The summed E-state index contributed by atoms with van der Waals surface area (Å²) in [6, 6.07) is 16.7. The number of aromatic nitrogens is 2. The molecule has 1 heterocycles. The van der Waals surface area contributed by atoms with Crippen LogP contribution in [0, 0.1) is 6.92 Å². The Hall–Kier alpha value is -3.00. The molecule has 0 aliphatic rings. The lowest BCUT2D eigenvalue weighted by molar-refractivity contribution is -0.120. The van der Waals surface area contributed by atoms with Gasteiger partial charge in [-0.15, -0.1) is 0 Å². The molecular formula is C20H21N3O4S. The predicted octanol–water partition coefficient (Wildman–Crippen LogP) is 2.66. The van der Waals surface area contributed by atoms with Gasteiger partial charge in [-0.25, -0.2) is 8.42 Å². The minimum Gasteiger partial charge on any atom is -0.351 e. The van der Waals surface area contributed by atoms with Gasteiger partial charge in [-0.05, 0) is 25.0 Å². The van der Waals surface area contributed by atoms with Crippen LogP contribution in [0.3, 0.4) is 0 Å². The van der Waals surface area contributed by atoms with Crippen molar-refractivity contribution in [1.29, 1.82) is 0 Å². The summed E-state index contributed by atoms with van der Waals surface area (Å²) in [5.41, 5.74) is 2.68. The molecule has 0 aliphatic heterocycles. The van der Waals surface area contributed by atoms with Crippen LogP contribution in [0.5, 0.6) is 0 Å². The maximum atomic E-state index is 12.6. The summed E-state index contributed by atoms with van der Waals surface area (Å²) in [7, 11) is -3.80. The van der Waals surface area contributed by atoms with E-state index < -0.39 is 26.7 Å². The highest BCUT2D eigenvalue weighted by Crippen LogP contribution is 2.17. The van der Waals surface area contributed by atoms with Crippen molar-refractivity contribution in [3.63, 3.8) is 0 Å². The molecule has 1 unspecified atom stereocenters. The van der Waals surface area contributed by atoms with E-state index in [9.17, 15) is 13.2 Å². The van der Waals surface area contributed by atoms with E-state index in [2.05, 4.69) is 15.5 Å². The molecule has 7 nitrogen and oxygen atoms in total. The van der Waals surface area contributed by atoms with Crippen LogP contribution in [0.4, 0.5) is 0 Å². The Labute approximate surface area is 163 Å². The number of nitrogens with one attached hydrogen (secondary N) is 1. The molecule has 2 aromatic carbocycles. The third-order valence-corrected chi connectivity index (χ3v) is 6.39. The molecule has 1 atom stereocenters. The van der Waals surface area contributed by atoms with E-state index in [1.54, 1.807) is 12.1 Å². The smallest absolute Gasteiger partial charge is 0.242 e. The third kappa shape index (κ3) is 4.64. The summed E-state index contributed by atoms with van der Waals surface area (Å²) < 4.78 is 30.2. The van der Waals surface area contributed by atoms with E-state index in [0.29, 0.717) is 5.82 Å². The number of sulfone groups is 1. The van der Waals surface area contributed by atoms with E-state index in [0.717, 1.165) is 16.7 Å². The molecule has 0 radical (unpaired) electrons. The normalized spacial score (nSPS) is 12.5. The Morgan fingerprint density at radius 1 is 1.11 bits per heavy atom. The number of carbonyl (C=O) groups is 1. The van der Waals surface area contributed by atoms with Crippen LogP contribution in [0.1, 0.15) is 23.9 Å². The lowest BCUT2D eigenvalue weighted by atomic mass is 10.1. The zero-order valence-corrected chi connectivity index (χ0v) is 16.4. The number of nitrogens with zero attached hydrogens (tertiary/aromatic N) is 2. The van der Waals surface area contributed by atoms with E-state index in [-0.39, 0.29) is 12.4 Å². The van der Waals surface area contributed by atoms with Crippen molar-refractivity contribution in [2.75, 3.05) is 0 Å². The summed E-state index contributed by atoms with van der Waals surface area (Å²) in [4.78, 5) is 16.5. The zero-order chi connectivity index (χ0) is 20.1. The molecule has 0 bridgehead atoms. The summed E-state index contributed by atoms with van der Waals surface area (Å²) in [5, 5.41) is 5.25. The second kappa shape index (κ2) is 8.35. The number of hydrogen-bond acceptors (Lipinski definition) is 6. The Kier molecular flexibility index (Phi) is 5.89. The highest BCUT2D eigenvalue weighted by Gasteiger charge is 2.30. The second-order valence-electron chi connectivity index (χ2n) is 6.47. The van der Waals surface area contributed by atoms with Crippen molar-refractivity contribution in [2.24, 2.45) is 0 Å². The average molecular weight is 399 g/mol. The van der Waals surface area contributed by atoms with Crippen LogP contribution in [0.25, 0.3) is 11.4 Å². The molecule has 0 aliphatic carbocycles. The maximum absolute atomic E-state index is 12.6. The molecule has 3 aromatic rings. The van der Waals surface area contributed by atoms with E-state index in [1.165, 1.54) is 6.92 Å². The fourth-order valence-electron chi connectivity index (χ4n) is 2.61. The number of aryl methyl sites for hydroxylation is 1. The van der Waals surface area contributed by atoms with Gasteiger partial charge in [0.2, 0.25) is 17.6 Å². The molecule has 1 amide bonds.